The first kappa shape index (κ1) is 26.9. The number of furan rings is 2. The zero-order valence-corrected chi connectivity index (χ0v) is 23.6. The van der Waals surface area contributed by atoms with E-state index in [9.17, 15) is 16.8 Å². The van der Waals surface area contributed by atoms with Gasteiger partial charge in [-0.3, -0.25) is 9.11 Å². The maximum absolute atomic E-state index is 11.2. The molecule has 192 valence electrons. The summed E-state index contributed by atoms with van der Waals surface area (Å²) in [4.78, 5) is 2.64. The van der Waals surface area contributed by atoms with Crippen LogP contribution in [-0.4, -0.2) is 56.5 Å². The van der Waals surface area contributed by atoms with Crippen LogP contribution in [0.2, 0.25) is 0 Å². The van der Waals surface area contributed by atoms with Crippen LogP contribution in [0, 0.1) is 0 Å². The molecule has 0 aliphatic carbocycles. The molecular formula is C19H23N2O8S6+. The average molecular weight is 600 g/mol. The molecule has 0 saturated heterocycles. The number of hydrogen-bond donors (Lipinski definition) is 2. The van der Waals surface area contributed by atoms with Gasteiger partial charge in [0.05, 0.1) is 34.4 Å². The molecule has 1 aliphatic rings. The van der Waals surface area contributed by atoms with Crippen LogP contribution in [0.1, 0.15) is 17.8 Å². The summed E-state index contributed by atoms with van der Waals surface area (Å²) in [6.45, 7) is 0.694. The van der Waals surface area contributed by atoms with Gasteiger partial charge < -0.3 is 13.7 Å². The Hall–Kier alpha value is -1.14. The summed E-state index contributed by atoms with van der Waals surface area (Å²) in [5.74, 6) is -0.716. The molecule has 4 heterocycles. The van der Waals surface area contributed by atoms with Crippen molar-refractivity contribution in [2.75, 3.05) is 35.5 Å². The minimum atomic E-state index is -4.08. The Bertz CT molecular complexity index is 1470. The smallest absolute Gasteiger partial charge is 0.268 e. The zero-order chi connectivity index (χ0) is 25.4. The second-order valence-corrected chi connectivity index (χ2v) is 14.2. The number of anilines is 1. The molecular weight excluding hydrogens is 577 g/mol. The van der Waals surface area contributed by atoms with Gasteiger partial charge in [0.15, 0.2) is 21.8 Å². The van der Waals surface area contributed by atoms with Crippen LogP contribution in [0.4, 0.5) is 5.69 Å². The Kier molecular flexibility index (Phi) is 8.22. The van der Waals surface area contributed by atoms with Crippen molar-refractivity contribution in [3.8, 4) is 0 Å². The quantitative estimate of drug-likeness (QED) is 0.184. The highest BCUT2D eigenvalue weighted by molar-refractivity contribution is 8.03. The third-order valence-electron chi connectivity index (χ3n) is 5.04. The van der Waals surface area contributed by atoms with E-state index in [1.807, 2.05) is 40.2 Å². The molecule has 1 aliphatic heterocycles. The maximum atomic E-state index is 11.2. The summed E-state index contributed by atoms with van der Waals surface area (Å²) in [5.41, 5.74) is 1.65. The minimum Gasteiger partial charge on any atom is -0.441 e. The first-order valence-electron chi connectivity index (χ1n) is 10.2. The predicted octanol–water partition coefficient (Wildman–Crippen LogP) is 4.29. The molecule has 2 N–H and O–H groups in total. The van der Waals surface area contributed by atoms with Gasteiger partial charge in [0.2, 0.25) is 0 Å². The lowest BCUT2D eigenvalue weighted by Crippen LogP contribution is -2.36. The Labute approximate surface area is 219 Å². The van der Waals surface area contributed by atoms with E-state index in [-0.39, 0.29) is 24.3 Å². The van der Waals surface area contributed by atoms with Crippen molar-refractivity contribution in [1.29, 1.82) is 0 Å². The molecule has 0 saturated carbocycles. The number of aromatic nitrogens is 1. The Morgan fingerprint density at radius 2 is 1.69 bits per heavy atom. The highest BCUT2D eigenvalue weighted by Gasteiger charge is 2.32. The van der Waals surface area contributed by atoms with E-state index < -0.39 is 20.2 Å². The summed E-state index contributed by atoms with van der Waals surface area (Å²) in [5, 5.41) is 3.77. The molecule has 0 radical (unpaired) electrons. The normalized spacial score (nSPS) is 15.5. The van der Waals surface area contributed by atoms with Gasteiger partial charge in [-0.1, -0.05) is 23.5 Å². The van der Waals surface area contributed by atoms with Gasteiger partial charge in [0.1, 0.15) is 0 Å². The summed E-state index contributed by atoms with van der Waals surface area (Å²) >= 11 is 5.74. The zero-order valence-electron chi connectivity index (χ0n) is 18.7. The number of nitrogens with zero attached hydrogens (tertiary/aromatic N) is 2. The summed E-state index contributed by atoms with van der Waals surface area (Å²) in [6, 6.07) is 3.79. The van der Waals surface area contributed by atoms with Gasteiger partial charge in [-0.25, -0.2) is 0 Å². The van der Waals surface area contributed by atoms with E-state index in [4.69, 9.17) is 17.9 Å². The van der Waals surface area contributed by atoms with Crippen molar-refractivity contribution in [1.82, 2.24) is 0 Å². The molecule has 0 bridgehead atoms. The average Bonchev–Trinajstić information content (AvgIpc) is 3.48. The lowest BCUT2D eigenvalue weighted by molar-refractivity contribution is -0.668. The SMILES string of the molecule is CSc1cc2c(o1)SC(=Cc1sc3oc(SC)cc3[n+]1CCCS(=O)(=O)O)N2CCCS(=O)(=O)O. The van der Waals surface area contributed by atoms with E-state index in [2.05, 4.69) is 0 Å². The number of thioether (sulfide) groups is 3. The summed E-state index contributed by atoms with van der Waals surface area (Å²) in [6.07, 6.45) is 6.16. The van der Waals surface area contributed by atoms with Crippen LogP contribution in [0.3, 0.4) is 0 Å². The van der Waals surface area contributed by atoms with Crippen molar-refractivity contribution in [2.45, 2.75) is 34.7 Å². The topological polar surface area (TPSA) is 142 Å². The van der Waals surface area contributed by atoms with Crippen molar-refractivity contribution in [2.24, 2.45) is 0 Å². The standard InChI is InChI=1S/C19H22N2O8S6/c1-30-16-9-12-18(28-16)32-14(20(12)5-3-7-34(22,23)24)11-15-21(6-4-8-35(25,26)27)13-10-17(31-2)29-19(13)33-15/h9-11H,3-8H2,1-2H3,(H-,22,23,24,25,26,27)/p+1. The molecule has 0 fully saturated rings. The third kappa shape index (κ3) is 6.60. The number of aryl methyl sites for hydroxylation is 1. The highest BCUT2D eigenvalue weighted by Crippen LogP contribution is 2.50. The fraction of sp³-hybridized carbons (Fsp3) is 0.421. The van der Waals surface area contributed by atoms with E-state index >= 15 is 0 Å². The van der Waals surface area contributed by atoms with Crippen molar-refractivity contribution >= 4 is 89.0 Å². The van der Waals surface area contributed by atoms with E-state index in [1.54, 1.807) is 0 Å². The molecule has 0 aromatic carbocycles. The monoisotopic (exact) mass is 599 g/mol. The number of rotatable bonds is 11. The molecule has 0 atom stereocenters. The van der Waals surface area contributed by atoms with Crippen LogP contribution in [-0.2, 0) is 26.8 Å². The van der Waals surface area contributed by atoms with Gasteiger partial charge >= 0.3 is 0 Å². The Morgan fingerprint density at radius 3 is 2.34 bits per heavy atom. The van der Waals surface area contributed by atoms with Gasteiger partial charge in [-0.2, -0.15) is 21.4 Å². The van der Waals surface area contributed by atoms with E-state index in [0.29, 0.717) is 23.1 Å². The summed E-state index contributed by atoms with van der Waals surface area (Å²) in [7, 11) is -8.16. The molecule has 0 amide bonds. The molecule has 3 aromatic heterocycles. The fourth-order valence-corrected chi connectivity index (χ4v) is 7.63. The van der Waals surface area contributed by atoms with Crippen LogP contribution >= 0.6 is 46.6 Å². The molecule has 35 heavy (non-hydrogen) atoms. The Balaban J connectivity index is 1.68. The minimum absolute atomic E-state index is 0.216. The second kappa shape index (κ2) is 10.7. The molecule has 10 nitrogen and oxygen atoms in total. The van der Waals surface area contributed by atoms with Crippen molar-refractivity contribution in [3.63, 3.8) is 0 Å². The summed E-state index contributed by atoms with van der Waals surface area (Å²) < 4.78 is 76.9. The van der Waals surface area contributed by atoms with Crippen molar-refractivity contribution in [3.05, 3.63) is 22.2 Å². The van der Waals surface area contributed by atoms with Gasteiger partial charge in [-0.15, -0.1) is 0 Å². The molecule has 3 aromatic rings. The molecule has 4 rings (SSSR count). The van der Waals surface area contributed by atoms with Crippen LogP contribution in [0.5, 0.6) is 0 Å². The predicted molar refractivity (Wildman–Crippen MR) is 140 cm³/mol. The largest absolute Gasteiger partial charge is 0.441 e. The van der Waals surface area contributed by atoms with Gasteiger partial charge in [0, 0.05) is 19.0 Å². The number of hydrogen-bond acceptors (Lipinski definition) is 11. The Morgan fingerprint density at radius 1 is 1.03 bits per heavy atom. The third-order valence-corrected chi connectivity index (χ3v) is 9.91. The van der Waals surface area contributed by atoms with Crippen LogP contribution in [0.15, 0.2) is 41.3 Å². The molecule has 0 spiro atoms. The molecule has 0 unspecified atom stereocenters. The number of thiazole rings is 1. The van der Waals surface area contributed by atoms with Crippen LogP contribution in [0.25, 0.3) is 16.5 Å². The van der Waals surface area contributed by atoms with Crippen LogP contribution < -0.4 is 9.47 Å². The van der Waals surface area contributed by atoms with Gasteiger partial charge in [-0.05, 0) is 42.0 Å². The second-order valence-electron chi connectivity index (χ2n) is 7.49. The first-order chi connectivity index (χ1) is 16.5. The lowest BCUT2D eigenvalue weighted by Gasteiger charge is -2.18. The maximum Gasteiger partial charge on any atom is 0.268 e. The van der Waals surface area contributed by atoms with Gasteiger partial charge in [0.25, 0.3) is 35.7 Å². The lowest BCUT2D eigenvalue weighted by atomic mass is 10.3. The number of fused-ring (bicyclic) bond motifs is 2. The molecule has 16 heteroatoms. The first-order valence-corrected chi connectivity index (χ1v) is 17.5. The van der Waals surface area contributed by atoms with E-state index in [1.165, 1.54) is 46.6 Å². The fourth-order valence-electron chi connectivity index (χ4n) is 3.54. The highest BCUT2D eigenvalue weighted by atomic mass is 32.2. The van der Waals surface area contributed by atoms with Crippen molar-refractivity contribution < 1.29 is 39.3 Å². The van der Waals surface area contributed by atoms with E-state index in [0.717, 1.165) is 31.4 Å².